The van der Waals surface area contributed by atoms with Crippen molar-refractivity contribution in [3.63, 3.8) is 0 Å². The average Bonchev–Trinajstić information content (AvgIpc) is 2.52. The van der Waals surface area contributed by atoms with E-state index in [-0.39, 0.29) is 29.2 Å². The van der Waals surface area contributed by atoms with E-state index in [4.69, 9.17) is 4.74 Å². The first-order chi connectivity index (χ1) is 11.2. The first-order valence-electron chi connectivity index (χ1n) is 6.44. The minimum atomic E-state index is -4.85. The summed E-state index contributed by atoms with van der Waals surface area (Å²) in [5.74, 6) is -1.44. The normalized spacial score (nSPS) is 11.2. The molecule has 0 spiro atoms. The van der Waals surface area contributed by atoms with Crippen molar-refractivity contribution in [2.24, 2.45) is 0 Å². The van der Waals surface area contributed by atoms with Gasteiger partial charge in [-0.2, -0.15) is 13.2 Å². The van der Waals surface area contributed by atoms with Gasteiger partial charge in [0.15, 0.2) is 6.29 Å². The monoisotopic (exact) mass is 343 g/mol. The predicted octanol–water partition coefficient (Wildman–Crippen LogP) is 4.14. The van der Waals surface area contributed by atoms with Gasteiger partial charge < -0.3 is 4.74 Å². The zero-order valence-electron chi connectivity index (χ0n) is 11.8. The highest BCUT2D eigenvalue weighted by molar-refractivity contribution is 5.80. The maximum atomic E-state index is 13.2. The molecule has 0 amide bonds. The third-order valence-corrected chi connectivity index (χ3v) is 3.06. The van der Waals surface area contributed by atoms with Gasteiger partial charge in [-0.25, -0.2) is 4.39 Å². The van der Waals surface area contributed by atoms with Crippen molar-refractivity contribution in [2.75, 3.05) is 0 Å². The van der Waals surface area contributed by atoms with E-state index in [0.717, 1.165) is 24.3 Å². The van der Waals surface area contributed by atoms with E-state index in [2.05, 4.69) is 0 Å². The van der Waals surface area contributed by atoms with Crippen LogP contribution >= 0.6 is 0 Å². The fourth-order valence-corrected chi connectivity index (χ4v) is 1.91. The highest BCUT2D eigenvalue weighted by atomic mass is 19.4. The quantitative estimate of drug-likeness (QED) is 0.354. The Balaban J connectivity index is 2.22. The zero-order valence-corrected chi connectivity index (χ0v) is 11.8. The highest BCUT2D eigenvalue weighted by Crippen LogP contribution is 2.32. The molecular weight excluding hydrogens is 334 g/mol. The van der Waals surface area contributed by atoms with E-state index in [1.807, 2.05) is 0 Å². The van der Waals surface area contributed by atoms with E-state index < -0.39 is 22.5 Å². The van der Waals surface area contributed by atoms with Crippen LogP contribution in [0.15, 0.2) is 36.4 Å². The number of hydrogen-bond acceptors (Lipinski definition) is 4. The van der Waals surface area contributed by atoms with E-state index >= 15 is 0 Å². The molecule has 0 N–H and O–H groups in total. The summed E-state index contributed by atoms with van der Waals surface area (Å²) in [5.41, 5.74) is -1.85. The Bertz CT molecular complexity index is 790. The third-order valence-electron chi connectivity index (χ3n) is 3.06. The Morgan fingerprint density at radius 1 is 1.17 bits per heavy atom. The van der Waals surface area contributed by atoms with Gasteiger partial charge in [-0.3, -0.25) is 14.9 Å². The molecule has 9 heteroatoms. The largest absolute Gasteiger partial charge is 0.488 e. The maximum Gasteiger partial charge on any atom is 0.419 e. The van der Waals surface area contributed by atoms with E-state index in [0.29, 0.717) is 18.4 Å². The van der Waals surface area contributed by atoms with Gasteiger partial charge in [0.2, 0.25) is 0 Å². The van der Waals surface area contributed by atoms with Crippen LogP contribution in [0.5, 0.6) is 5.75 Å². The summed E-state index contributed by atoms with van der Waals surface area (Å²) in [6.07, 6.45) is -4.52. The smallest absolute Gasteiger partial charge is 0.419 e. The van der Waals surface area contributed by atoms with Crippen LogP contribution in [0.2, 0.25) is 0 Å². The number of ether oxygens (including phenoxy) is 1. The van der Waals surface area contributed by atoms with Gasteiger partial charge in [-0.1, -0.05) is 6.07 Å². The summed E-state index contributed by atoms with van der Waals surface area (Å²) in [6, 6.07) is 5.61. The number of nitrogens with zero attached hydrogens (tertiary/aromatic N) is 1. The molecule has 2 rings (SSSR count). The van der Waals surface area contributed by atoms with Crippen LogP contribution in [0, 0.1) is 15.9 Å². The molecule has 2 aromatic rings. The predicted molar refractivity (Wildman–Crippen MR) is 74.2 cm³/mol. The van der Waals surface area contributed by atoms with Crippen LogP contribution in [0.4, 0.5) is 23.2 Å². The molecule has 0 aliphatic carbocycles. The highest BCUT2D eigenvalue weighted by Gasteiger charge is 2.34. The molecule has 2 aromatic carbocycles. The fraction of sp³-hybridized carbons (Fsp3) is 0.133. The van der Waals surface area contributed by atoms with Gasteiger partial charge in [0, 0.05) is 12.1 Å². The van der Waals surface area contributed by atoms with Gasteiger partial charge in [-0.15, -0.1) is 0 Å². The minimum absolute atomic E-state index is 0.0268. The zero-order chi connectivity index (χ0) is 17.9. The average molecular weight is 343 g/mol. The molecule has 24 heavy (non-hydrogen) atoms. The number of halogens is 4. The van der Waals surface area contributed by atoms with E-state index in [1.165, 1.54) is 0 Å². The van der Waals surface area contributed by atoms with Gasteiger partial charge in [-0.05, 0) is 23.8 Å². The number of hydrogen-bond donors (Lipinski definition) is 0. The Labute approximate surface area is 132 Å². The number of aldehydes is 1. The van der Waals surface area contributed by atoms with Crippen LogP contribution in [-0.2, 0) is 12.8 Å². The molecule has 0 heterocycles. The van der Waals surface area contributed by atoms with Crippen LogP contribution in [-0.4, -0.2) is 11.2 Å². The summed E-state index contributed by atoms with van der Waals surface area (Å²) >= 11 is 0. The molecule has 0 atom stereocenters. The van der Waals surface area contributed by atoms with Crippen molar-refractivity contribution < 1.29 is 32.0 Å². The Morgan fingerprint density at radius 2 is 1.88 bits per heavy atom. The molecule has 0 unspecified atom stereocenters. The Hall–Kier alpha value is -2.97. The molecule has 0 fully saturated rings. The lowest BCUT2D eigenvalue weighted by Gasteiger charge is -2.12. The van der Waals surface area contributed by atoms with Crippen LogP contribution in [0.3, 0.4) is 0 Å². The molecule has 0 aliphatic rings. The number of carbonyl (C=O) groups is 1. The third kappa shape index (κ3) is 3.86. The first kappa shape index (κ1) is 17.4. The lowest BCUT2D eigenvalue weighted by atomic mass is 10.1. The summed E-state index contributed by atoms with van der Waals surface area (Å²) in [7, 11) is 0. The van der Waals surface area contributed by atoms with Crippen molar-refractivity contribution in [1.29, 1.82) is 0 Å². The van der Waals surface area contributed by atoms with E-state index in [9.17, 15) is 32.5 Å². The Morgan fingerprint density at radius 3 is 2.46 bits per heavy atom. The van der Waals surface area contributed by atoms with Crippen molar-refractivity contribution in [3.05, 3.63) is 69.0 Å². The molecule has 0 saturated heterocycles. The summed E-state index contributed by atoms with van der Waals surface area (Å²) in [4.78, 5) is 20.9. The summed E-state index contributed by atoms with van der Waals surface area (Å²) < 4.78 is 56.3. The van der Waals surface area contributed by atoms with Crippen LogP contribution in [0.1, 0.15) is 21.5 Å². The Kier molecular flexibility index (Phi) is 4.82. The summed E-state index contributed by atoms with van der Waals surface area (Å²) in [6.45, 7) is -0.373. The molecule has 5 nitrogen and oxygen atoms in total. The van der Waals surface area contributed by atoms with E-state index in [1.54, 1.807) is 0 Å². The second-order valence-electron chi connectivity index (χ2n) is 4.70. The molecule has 0 bridgehead atoms. The number of alkyl halides is 3. The molecule has 0 radical (unpaired) electrons. The van der Waals surface area contributed by atoms with Gasteiger partial charge in [0.25, 0.3) is 5.69 Å². The lowest BCUT2D eigenvalue weighted by molar-refractivity contribution is -0.384. The number of rotatable bonds is 5. The number of benzene rings is 2. The fourth-order valence-electron chi connectivity index (χ4n) is 1.91. The molecule has 126 valence electrons. The molecule has 0 aromatic heterocycles. The number of nitro groups is 1. The van der Waals surface area contributed by atoms with Crippen molar-refractivity contribution >= 4 is 12.0 Å². The second-order valence-corrected chi connectivity index (χ2v) is 4.70. The molecule has 0 aliphatic heterocycles. The van der Waals surface area contributed by atoms with Crippen molar-refractivity contribution in [2.45, 2.75) is 12.8 Å². The minimum Gasteiger partial charge on any atom is -0.488 e. The van der Waals surface area contributed by atoms with Gasteiger partial charge in [0.1, 0.15) is 18.2 Å². The molecule has 0 saturated carbocycles. The SMILES string of the molecule is O=Cc1cc([N+](=O)[O-])ccc1OCc1ccc(F)c(C(F)(F)F)c1. The maximum absolute atomic E-state index is 13.2. The van der Waals surface area contributed by atoms with Crippen molar-refractivity contribution in [1.82, 2.24) is 0 Å². The first-order valence-corrected chi connectivity index (χ1v) is 6.44. The number of non-ortho nitro benzene ring substituents is 1. The van der Waals surface area contributed by atoms with Gasteiger partial charge >= 0.3 is 6.18 Å². The molecular formula is C15H9F4NO4. The van der Waals surface area contributed by atoms with Crippen molar-refractivity contribution in [3.8, 4) is 5.75 Å². The lowest BCUT2D eigenvalue weighted by Crippen LogP contribution is -2.09. The topological polar surface area (TPSA) is 69.4 Å². The standard InChI is InChI=1S/C15H9F4NO4/c16-13-3-1-9(5-12(13)15(17,18)19)8-24-14-4-2-11(20(22)23)6-10(14)7-21/h1-7H,8H2. The van der Waals surface area contributed by atoms with Crippen LogP contribution < -0.4 is 4.74 Å². The van der Waals surface area contributed by atoms with Crippen LogP contribution in [0.25, 0.3) is 0 Å². The van der Waals surface area contributed by atoms with Gasteiger partial charge in [0.05, 0.1) is 16.1 Å². The summed E-state index contributed by atoms with van der Waals surface area (Å²) in [5, 5.41) is 10.6. The number of nitro benzene ring substituents is 1. The second kappa shape index (κ2) is 6.65. The number of carbonyl (C=O) groups excluding carboxylic acids is 1.